The van der Waals surface area contributed by atoms with Gasteiger partial charge in [-0.25, -0.2) is 0 Å². The molecule has 0 saturated carbocycles. The second kappa shape index (κ2) is 5.50. The lowest BCUT2D eigenvalue weighted by atomic mass is 9.84. The highest BCUT2D eigenvalue weighted by Crippen LogP contribution is 2.33. The van der Waals surface area contributed by atoms with E-state index in [9.17, 15) is 5.26 Å². The normalized spacial score (nSPS) is 27.6. The lowest BCUT2D eigenvalue weighted by Gasteiger charge is -2.41. The molecule has 1 aromatic rings. The van der Waals surface area contributed by atoms with Gasteiger partial charge in [-0.05, 0) is 38.9 Å². The summed E-state index contributed by atoms with van der Waals surface area (Å²) in [6.45, 7) is 3.09. The Morgan fingerprint density at radius 2 is 2.21 bits per heavy atom. The van der Waals surface area contributed by atoms with Crippen LogP contribution < -0.4 is 10.1 Å². The lowest BCUT2D eigenvalue weighted by molar-refractivity contribution is 0.167. The first-order chi connectivity index (χ1) is 9.10. The minimum absolute atomic E-state index is 0.399. The van der Waals surface area contributed by atoms with E-state index in [1.54, 1.807) is 7.11 Å². The van der Waals surface area contributed by atoms with Crippen molar-refractivity contribution in [1.29, 1.82) is 5.26 Å². The topological polar surface area (TPSA) is 48.3 Å². The number of hydrogen-bond acceptors (Lipinski definition) is 4. The van der Waals surface area contributed by atoms with Gasteiger partial charge in [-0.2, -0.15) is 5.26 Å². The second-order valence-electron chi connectivity index (χ2n) is 5.30. The van der Waals surface area contributed by atoms with Crippen LogP contribution in [0.2, 0.25) is 0 Å². The van der Waals surface area contributed by atoms with Crippen molar-refractivity contribution in [3.05, 3.63) is 24.3 Å². The summed E-state index contributed by atoms with van der Waals surface area (Å²) in [5, 5.41) is 13.0. The molecular weight excluding hydrogens is 238 g/mol. The largest absolute Gasteiger partial charge is 0.495 e. The number of nitriles is 1. The maximum atomic E-state index is 9.60. The highest BCUT2D eigenvalue weighted by Gasteiger charge is 2.37. The van der Waals surface area contributed by atoms with Crippen molar-refractivity contribution in [2.24, 2.45) is 0 Å². The molecule has 1 aromatic carbocycles. The number of ether oxygens (including phenoxy) is 1. The highest BCUT2D eigenvalue weighted by molar-refractivity contribution is 5.59. The number of likely N-dealkylation sites (tertiary alicyclic amines) is 1. The molecule has 102 valence electrons. The Kier molecular flexibility index (Phi) is 3.96. The first kappa shape index (κ1) is 13.7. The molecule has 0 bridgehead atoms. The summed E-state index contributed by atoms with van der Waals surface area (Å²) in [6.07, 6.45) is 1.64. The van der Waals surface area contributed by atoms with Gasteiger partial charge in [0, 0.05) is 12.6 Å². The Bertz CT molecular complexity index is 483. The van der Waals surface area contributed by atoms with Crippen LogP contribution in [-0.4, -0.2) is 37.2 Å². The van der Waals surface area contributed by atoms with Gasteiger partial charge in [-0.15, -0.1) is 0 Å². The van der Waals surface area contributed by atoms with Gasteiger partial charge >= 0.3 is 0 Å². The van der Waals surface area contributed by atoms with Gasteiger partial charge in [0.2, 0.25) is 0 Å². The van der Waals surface area contributed by atoms with Crippen molar-refractivity contribution in [2.45, 2.75) is 31.3 Å². The van der Waals surface area contributed by atoms with Gasteiger partial charge in [-0.3, -0.25) is 0 Å². The fourth-order valence-corrected chi connectivity index (χ4v) is 2.60. The molecule has 2 unspecified atom stereocenters. The summed E-state index contributed by atoms with van der Waals surface area (Å²) in [5.74, 6) is 0.781. The zero-order valence-electron chi connectivity index (χ0n) is 11.8. The fourth-order valence-electron chi connectivity index (χ4n) is 2.60. The maximum absolute atomic E-state index is 9.60. The van der Waals surface area contributed by atoms with E-state index < -0.39 is 5.54 Å². The van der Waals surface area contributed by atoms with Crippen LogP contribution in [0, 0.1) is 11.3 Å². The number of piperidine rings is 1. The van der Waals surface area contributed by atoms with E-state index in [1.807, 2.05) is 24.3 Å². The average Bonchev–Trinajstić information content (AvgIpc) is 2.44. The van der Waals surface area contributed by atoms with Gasteiger partial charge in [0.05, 0.1) is 18.9 Å². The minimum Gasteiger partial charge on any atom is -0.495 e. The van der Waals surface area contributed by atoms with Crippen LogP contribution in [0.4, 0.5) is 5.69 Å². The Labute approximate surface area is 115 Å². The van der Waals surface area contributed by atoms with Crippen molar-refractivity contribution in [1.82, 2.24) is 4.90 Å². The predicted octanol–water partition coefficient (Wildman–Crippen LogP) is 2.48. The molecule has 19 heavy (non-hydrogen) atoms. The number of anilines is 1. The summed E-state index contributed by atoms with van der Waals surface area (Å²) in [7, 11) is 3.76. The van der Waals surface area contributed by atoms with Gasteiger partial charge in [0.15, 0.2) is 0 Å². The highest BCUT2D eigenvalue weighted by atomic mass is 16.5. The van der Waals surface area contributed by atoms with E-state index in [1.165, 1.54) is 0 Å². The molecule has 2 rings (SSSR count). The van der Waals surface area contributed by atoms with Crippen LogP contribution in [0.25, 0.3) is 0 Å². The van der Waals surface area contributed by atoms with Crippen LogP contribution in [0.3, 0.4) is 0 Å². The van der Waals surface area contributed by atoms with E-state index >= 15 is 0 Å². The smallest absolute Gasteiger partial charge is 0.141 e. The van der Waals surface area contributed by atoms with Crippen LogP contribution in [0.1, 0.15) is 19.8 Å². The SMILES string of the molecule is COc1ccccc1NC1(C#N)CCN(C)C(C)C1. The summed E-state index contributed by atoms with van der Waals surface area (Å²) in [5.41, 5.74) is 0.393. The van der Waals surface area contributed by atoms with E-state index in [0.717, 1.165) is 30.8 Å². The van der Waals surface area contributed by atoms with Gasteiger partial charge in [0.25, 0.3) is 0 Å². The molecule has 0 amide bonds. The van der Waals surface area contributed by atoms with Crippen molar-refractivity contribution in [2.75, 3.05) is 26.0 Å². The van der Waals surface area contributed by atoms with Crippen molar-refractivity contribution >= 4 is 5.69 Å². The molecule has 0 aromatic heterocycles. The number of para-hydroxylation sites is 2. The summed E-state index contributed by atoms with van der Waals surface area (Å²) >= 11 is 0. The average molecular weight is 259 g/mol. The molecule has 1 heterocycles. The number of hydrogen-bond donors (Lipinski definition) is 1. The van der Waals surface area contributed by atoms with Gasteiger partial charge in [0.1, 0.15) is 11.3 Å². The molecule has 4 heteroatoms. The number of nitrogens with one attached hydrogen (secondary N) is 1. The Morgan fingerprint density at radius 3 is 2.84 bits per heavy atom. The Balaban J connectivity index is 2.22. The monoisotopic (exact) mass is 259 g/mol. The summed E-state index contributed by atoms with van der Waals surface area (Å²) < 4.78 is 5.34. The minimum atomic E-state index is -0.499. The van der Waals surface area contributed by atoms with E-state index in [-0.39, 0.29) is 0 Å². The number of rotatable bonds is 3. The summed E-state index contributed by atoms with van der Waals surface area (Å²) in [4.78, 5) is 2.29. The molecule has 4 nitrogen and oxygen atoms in total. The Hall–Kier alpha value is -1.73. The molecule has 1 N–H and O–H groups in total. The van der Waals surface area contributed by atoms with Crippen LogP contribution in [-0.2, 0) is 0 Å². The standard InChI is InChI=1S/C15H21N3O/c1-12-10-15(11-16,8-9-18(12)2)17-13-6-4-5-7-14(13)19-3/h4-7,12,17H,8-10H2,1-3H3. The van der Waals surface area contributed by atoms with Crippen LogP contribution in [0.15, 0.2) is 24.3 Å². The number of nitrogens with zero attached hydrogens (tertiary/aromatic N) is 2. The molecule has 1 saturated heterocycles. The van der Waals surface area contributed by atoms with Crippen molar-refractivity contribution < 1.29 is 4.74 Å². The van der Waals surface area contributed by atoms with E-state index in [0.29, 0.717) is 6.04 Å². The molecule has 1 fully saturated rings. The van der Waals surface area contributed by atoms with E-state index in [2.05, 4.69) is 30.3 Å². The third kappa shape index (κ3) is 2.82. The molecular formula is C15H21N3O. The van der Waals surface area contributed by atoms with E-state index in [4.69, 9.17) is 4.74 Å². The predicted molar refractivity (Wildman–Crippen MR) is 76.3 cm³/mol. The molecule has 0 spiro atoms. The van der Waals surface area contributed by atoms with Gasteiger partial charge < -0.3 is 15.0 Å². The quantitative estimate of drug-likeness (QED) is 0.906. The third-order valence-corrected chi connectivity index (χ3v) is 3.98. The molecule has 2 atom stereocenters. The van der Waals surface area contributed by atoms with Gasteiger partial charge in [-0.1, -0.05) is 12.1 Å². The zero-order chi connectivity index (χ0) is 13.9. The number of methoxy groups -OCH3 is 1. The van der Waals surface area contributed by atoms with Crippen LogP contribution >= 0.6 is 0 Å². The lowest BCUT2D eigenvalue weighted by Crippen LogP contribution is -2.51. The summed E-state index contributed by atoms with van der Waals surface area (Å²) in [6, 6.07) is 10.6. The first-order valence-corrected chi connectivity index (χ1v) is 6.63. The molecule has 0 radical (unpaired) electrons. The van der Waals surface area contributed by atoms with Crippen LogP contribution in [0.5, 0.6) is 5.75 Å². The first-order valence-electron chi connectivity index (χ1n) is 6.63. The second-order valence-corrected chi connectivity index (χ2v) is 5.30. The number of benzene rings is 1. The maximum Gasteiger partial charge on any atom is 0.141 e. The molecule has 1 aliphatic rings. The molecule has 1 aliphatic heterocycles. The zero-order valence-corrected chi connectivity index (χ0v) is 11.8. The van der Waals surface area contributed by atoms with Crippen molar-refractivity contribution in [3.63, 3.8) is 0 Å². The fraction of sp³-hybridized carbons (Fsp3) is 0.533. The van der Waals surface area contributed by atoms with Crippen molar-refractivity contribution in [3.8, 4) is 11.8 Å². The Morgan fingerprint density at radius 1 is 1.47 bits per heavy atom. The third-order valence-electron chi connectivity index (χ3n) is 3.98. The molecule has 0 aliphatic carbocycles.